The Morgan fingerprint density at radius 1 is 1.09 bits per heavy atom. The average Bonchev–Trinajstić information content (AvgIpc) is 3.16. The Labute approximate surface area is 205 Å². The van der Waals surface area contributed by atoms with Crippen molar-refractivity contribution in [3.8, 4) is 0 Å². The van der Waals surface area contributed by atoms with Gasteiger partial charge in [0.05, 0.1) is 22.9 Å². The number of nitrogens with zero attached hydrogens (tertiary/aromatic N) is 5. The summed E-state index contributed by atoms with van der Waals surface area (Å²) in [7, 11) is 2.01. The van der Waals surface area contributed by atoms with E-state index >= 15 is 0 Å². The maximum absolute atomic E-state index is 6.75. The van der Waals surface area contributed by atoms with E-state index in [1.165, 1.54) is 16.7 Å². The zero-order valence-corrected chi connectivity index (χ0v) is 20.5. The van der Waals surface area contributed by atoms with Gasteiger partial charge in [0.1, 0.15) is 0 Å². The summed E-state index contributed by atoms with van der Waals surface area (Å²) in [6, 6.07) is 18.5. The molecule has 1 aliphatic heterocycles. The van der Waals surface area contributed by atoms with Crippen LogP contribution in [0.1, 0.15) is 28.7 Å². The molecule has 4 aromatic rings. The van der Waals surface area contributed by atoms with Gasteiger partial charge < -0.3 is 4.90 Å². The SMILES string of the molecule is Cc1cc(C)c(N2CCCc3c2nn(C)c3N(Cc2cccnc2)Nc2ccccc2)c(Cl)c1. The van der Waals surface area contributed by atoms with Crippen LogP contribution in [0.15, 0.2) is 67.0 Å². The molecule has 174 valence electrons. The lowest BCUT2D eigenvalue weighted by Crippen LogP contribution is -2.32. The van der Waals surface area contributed by atoms with Crippen LogP contribution < -0.4 is 15.3 Å². The topological polar surface area (TPSA) is 49.2 Å². The van der Waals surface area contributed by atoms with Gasteiger partial charge in [-0.15, -0.1) is 0 Å². The minimum atomic E-state index is 0.652. The van der Waals surface area contributed by atoms with Crippen LogP contribution in [0.2, 0.25) is 5.02 Å². The zero-order valence-electron chi connectivity index (χ0n) is 19.8. The van der Waals surface area contributed by atoms with Gasteiger partial charge >= 0.3 is 0 Å². The number of aromatic nitrogens is 3. The molecule has 0 saturated carbocycles. The second-order valence-corrected chi connectivity index (χ2v) is 9.25. The number of hydrogen-bond acceptors (Lipinski definition) is 5. The van der Waals surface area contributed by atoms with Gasteiger partial charge in [0, 0.05) is 31.5 Å². The quantitative estimate of drug-likeness (QED) is 0.338. The number of nitrogens with one attached hydrogen (secondary N) is 1. The molecule has 0 aliphatic carbocycles. The molecule has 2 aromatic carbocycles. The fourth-order valence-corrected chi connectivity index (χ4v) is 5.24. The monoisotopic (exact) mass is 472 g/mol. The van der Waals surface area contributed by atoms with Crippen molar-refractivity contribution in [1.82, 2.24) is 14.8 Å². The molecule has 0 saturated heterocycles. The van der Waals surface area contributed by atoms with Gasteiger partial charge in [0.2, 0.25) is 0 Å². The van der Waals surface area contributed by atoms with Crippen molar-refractivity contribution in [3.63, 3.8) is 0 Å². The van der Waals surface area contributed by atoms with E-state index in [1.54, 1.807) is 6.20 Å². The summed E-state index contributed by atoms with van der Waals surface area (Å²) in [5, 5.41) is 7.95. The molecule has 1 N–H and O–H groups in total. The highest BCUT2D eigenvalue weighted by Crippen LogP contribution is 2.42. The van der Waals surface area contributed by atoms with Crippen LogP contribution in [0.3, 0.4) is 0 Å². The molecular formula is C27H29ClN6. The van der Waals surface area contributed by atoms with E-state index in [1.807, 2.05) is 48.3 Å². The first-order chi connectivity index (χ1) is 16.5. The Hall–Kier alpha value is -3.51. The van der Waals surface area contributed by atoms with E-state index in [0.29, 0.717) is 6.54 Å². The molecule has 0 spiro atoms. The Kier molecular flexibility index (Phi) is 6.16. The number of fused-ring (bicyclic) bond motifs is 1. The molecule has 0 amide bonds. The first-order valence-electron chi connectivity index (χ1n) is 11.6. The van der Waals surface area contributed by atoms with Gasteiger partial charge in [-0.25, -0.2) is 4.68 Å². The van der Waals surface area contributed by atoms with Crippen molar-refractivity contribution in [1.29, 1.82) is 0 Å². The molecule has 0 atom stereocenters. The maximum atomic E-state index is 6.75. The largest absolute Gasteiger partial charge is 0.323 e. The van der Waals surface area contributed by atoms with Crippen LogP contribution in [-0.4, -0.2) is 21.3 Å². The van der Waals surface area contributed by atoms with Crippen molar-refractivity contribution in [2.24, 2.45) is 7.05 Å². The van der Waals surface area contributed by atoms with E-state index < -0.39 is 0 Å². The fourth-order valence-electron chi connectivity index (χ4n) is 4.82. The summed E-state index contributed by atoms with van der Waals surface area (Å²) < 4.78 is 1.98. The molecule has 0 bridgehead atoms. The highest BCUT2D eigenvalue weighted by Gasteiger charge is 2.30. The third-order valence-electron chi connectivity index (χ3n) is 6.18. The van der Waals surface area contributed by atoms with Gasteiger partial charge in [0.25, 0.3) is 0 Å². The molecule has 0 fully saturated rings. The van der Waals surface area contributed by atoms with Crippen LogP contribution in [0.5, 0.6) is 0 Å². The van der Waals surface area contributed by atoms with E-state index in [-0.39, 0.29) is 0 Å². The maximum Gasteiger partial charge on any atom is 0.160 e. The summed E-state index contributed by atoms with van der Waals surface area (Å²) in [4.78, 5) is 6.60. The number of rotatable bonds is 6. The minimum absolute atomic E-state index is 0.652. The van der Waals surface area contributed by atoms with Crippen molar-refractivity contribution in [2.45, 2.75) is 33.2 Å². The van der Waals surface area contributed by atoms with Gasteiger partial charge in [-0.3, -0.25) is 15.4 Å². The Morgan fingerprint density at radius 3 is 2.65 bits per heavy atom. The summed E-state index contributed by atoms with van der Waals surface area (Å²) >= 11 is 6.75. The van der Waals surface area contributed by atoms with Crippen LogP contribution in [0, 0.1) is 13.8 Å². The molecule has 34 heavy (non-hydrogen) atoms. The number of halogens is 1. The van der Waals surface area contributed by atoms with Crippen LogP contribution in [0.4, 0.5) is 23.0 Å². The lowest BCUT2D eigenvalue weighted by atomic mass is 10.0. The summed E-state index contributed by atoms with van der Waals surface area (Å²) in [5.41, 5.74) is 10.3. The number of aryl methyl sites for hydroxylation is 3. The standard InChI is InChI=1S/C27H29ClN6/c1-19-15-20(2)25(24(28)16-19)33-14-8-12-23-26(33)31-32(3)27(23)34(18-21-9-7-13-29-17-21)30-22-10-5-4-6-11-22/h4-7,9-11,13,15-17,30H,8,12,14,18H2,1-3H3. The van der Waals surface area contributed by atoms with E-state index in [9.17, 15) is 0 Å². The molecule has 5 rings (SSSR count). The Balaban J connectivity index is 1.58. The molecule has 2 aromatic heterocycles. The molecular weight excluding hydrogens is 444 g/mol. The van der Waals surface area contributed by atoms with Crippen LogP contribution in [-0.2, 0) is 20.0 Å². The van der Waals surface area contributed by atoms with Crippen molar-refractivity contribution < 1.29 is 0 Å². The lowest BCUT2D eigenvalue weighted by Gasteiger charge is -2.32. The first kappa shape index (κ1) is 22.3. The number of anilines is 4. The minimum Gasteiger partial charge on any atom is -0.323 e. The molecule has 0 unspecified atom stereocenters. The molecule has 3 heterocycles. The van der Waals surface area contributed by atoms with Gasteiger partial charge in [-0.1, -0.05) is 41.9 Å². The third-order valence-corrected chi connectivity index (χ3v) is 6.47. The normalized spacial score (nSPS) is 13.0. The predicted molar refractivity (Wildman–Crippen MR) is 140 cm³/mol. The summed E-state index contributed by atoms with van der Waals surface area (Å²) in [6.07, 6.45) is 5.69. The predicted octanol–water partition coefficient (Wildman–Crippen LogP) is 6.20. The summed E-state index contributed by atoms with van der Waals surface area (Å²) in [6.45, 7) is 5.74. The molecule has 1 aliphatic rings. The van der Waals surface area contributed by atoms with Crippen molar-refractivity contribution in [2.75, 3.05) is 21.9 Å². The zero-order chi connectivity index (χ0) is 23.7. The second-order valence-electron chi connectivity index (χ2n) is 8.84. The van der Waals surface area contributed by atoms with Gasteiger partial charge in [0.15, 0.2) is 11.6 Å². The number of hydrogen-bond donors (Lipinski definition) is 1. The van der Waals surface area contributed by atoms with Crippen molar-refractivity contribution in [3.05, 3.63) is 94.3 Å². The van der Waals surface area contributed by atoms with Crippen LogP contribution >= 0.6 is 11.6 Å². The second kappa shape index (κ2) is 9.39. The smallest absolute Gasteiger partial charge is 0.160 e. The van der Waals surface area contributed by atoms with E-state index in [2.05, 4.69) is 58.4 Å². The first-order valence-corrected chi connectivity index (χ1v) is 12.0. The molecule has 0 radical (unpaired) electrons. The number of para-hydroxylation sites is 1. The lowest BCUT2D eigenvalue weighted by molar-refractivity contribution is 0.726. The molecule has 6 nitrogen and oxygen atoms in total. The molecule has 7 heteroatoms. The van der Waals surface area contributed by atoms with Gasteiger partial charge in [-0.2, -0.15) is 5.10 Å². The van der Waals surface area contributed by atoms with Crippen LogP contribution in [0.25, 0.3) is 0 Å². The Morgan fingerprint density at radius 2 is 1.91 bits per heavy atom. The summed E-state index contributed by atoms with van der Waals surface area (Å²) in [5.74, 6) is 2.02. The number of pyridine rings is 1. The van der Waals surface area contributed by atoms with E-state index in [4.69, 9.17) is 16.7 Å². The number of hydrazine groups is 1. The van der Waals surface area contributed by atoms with E-state index in [0.717, 1.165) is 53.0 Å². The number of benzene rings is 2. The fraction of sp³-hybridized carbons (Fsp3) is 0.259. The Bertz CT molecular complexity index is 1220. The van der Waals surface area contributed by atoms with Gasteiger partial charge in [-0.05, 0) is 67.6 Å². The van der Waals surface area contributed by atoms with Crippen molar-refractivity contribution >= 4 is 34.6 Å². The highest BCUT2D eigenvalue weighted by atomic mass is 35.5. The highest BCUT2D eigenvalue weighted by molar-refractivity contribution is 6.33. The average molecular weight is 473 g/mol. The third kappa shape index (κ3) is 4.33.